The molecule has 0 atom stereocenters. The highest BCUT2D eigenvalue weighted by atomic mass is 32.2. The van der Waals surface area contributed by atoms with Crippen molar-refractivity contribution in [3.8, 4) is 5.75 Å². The van der Waals surface area contributed by atoms with Gasteiger partial charge in [-0.15, -0.1) is 0 Å². The Labute approximate surface area is 162 Å². The van der Waals surface area contributed by atoms with E-state index in [-0.39, 0.29) is 23.9 Å². The summed E-state index contributed by atoms with van der Waals surface area (Å²) in [6.45, 7) is 0.875. The number of amides is 1. The van der Waals surface area contributed by atoms with E-state index in [2.05, 4.69) is 0 Å². The second-order valence-corrected chi connectivity index (χ2v) is 7.53. The molecule has 2 rings (SSSR count). The average Bonchev–Trinajstić information content (AvgIpc) is 2.65. The molecule has 2 aromatic carbocycles. The van der Waals surface area contributed by atoms with Gasteiger partial charge in [0.2, 0.25) is 0 Å². The van der Waals surface area contributed by atoms with E-state index in [0.29, 0.717) is 18.7 Å². The topological polar surface area (TPSA) is 116 Å². The number of hydrogen-bond donors (Lipinski definition) is 0. The first kappa shape index (κ1) is 21.3. The summed E-state index contributed by atoms with van der Waals surface area (Å²) in [4.78, 5) is 24.6. The molecule has 0 heterocycles. The third-order valence-electron chi connectivity index (χ3n) is 3.72. The quantitative estimate of drug-likeness (QED) is 0.355. The van der Waals surface area contributed by atoms with E-state index in [9.17, 15) is 23.3 Å². The minimum atomic E-state index is -3.61. The zero-order valence-electron chi connectivity index (χ0n) is 15.4. The van der Waals surface area contributed by atoms with Crippen molar-refractivity contribution in [2.45, 2.75) is 6.54 Å². The van der Waals surface area contributed by atoms with Gasteiger partial charge in [0, 0.05) is 37.9 Å². The maximum atomic E-state index is 12.8. The van der Waals surface area contributed by atoms with E-state index in [1.165, 1.54) is 48.4 Å². The monoisotopic (exact) mass is 408 g/mol. The number of ether oxygens (including phenoxy) is 1. The molecular weight excluding hydrogens is 388 g/mol. The Kier molecular flexibility index (Phi) is 7.07. The molecule has 0 unspecified atom stereocenters. The van der Waals surface area contributed by atoms with Crippen molar-refractivity contribution in [2.24, 2.45) is 0 Å². The number of non-ortho nitro benzene ring substituents is 1. The highest BCUT2D eigenvalue weighted by Gasteiger charge is 2.17. The molecule has 0 fully saturated rings. The lowest BCUT2D eigenvalue weighted by molar-refractivity contribution is -0.384. The number of methoxy groups -OCH3 is 1. The molecule has 0 saturated carbocycles. The van der Waals surface area contributed by atoms with Crippen LogP contribution in [-0.4, -0.2) is 50.7 Å². The number of nitrogens with zero attached hydrogens (tertiary/aromatic N) is 2. The molecule has 28 heavy (non-hydrogen) atoms. The summed E-state index contributed by atoms with van der Waals surface area (Å²) >= 11 is 0. The zero-order valence-corrected chi connectivity index (χ0v) is 16.2. The standard InChI is InChI=1S/C18H20N2O7S/c1-26-12-11-19(18(21)15-5-7-16(8-6-15)20(22)23)13-14-3-9-17(10-4-14)27-28(2,24)25/h3-10H,11-13H2,1-2H3. The summed E-state index contributed by atoms with van der Waals surface area (Å²) in [6, 6.07) is 11.7. The van der Waals surface area contributed by atoms with Gasteiger partial charge in [-0.05, 0) is 29.8 Å². The lowest BCUT2D eigenvalue weighted by Gasteiger charge is -2.22. The van der Waals surface area contributed by atoms with Crippen molar-refractivity contribution in [1.29, 1.82) is 0 Å². The van der Waals surface area contributed by atoms with Crippen molar-refractivity contribution >= 4 is 21.7 Å². The van der Waals surface area contributed by atoms with Crippen LogP contribution in [0.3, 0.4) is 0 Å². The van der Waals surface area contributed by atoms with Crippen LogP contribution in [0.4, 0.5) is 5.69 Å². The molecular formula is C18H20N2O7S. The second kappa shape index (κ2) is 9.29. The molecule has 9 nitrogen and oxygen atoms in total. The van der Waals surface area contributed by atoms with Crippen LogP contribution in [-0.2, 0) is 21.4 Å². The molecule has 1 amide bonds. The number of benzene rings is 2. The molecule has 0 radical (unpaired) electrons. The van der Waals surface area contributed by atoms with Gasteiger partial charge in [-0.2, -0.15) is 8.42 Å². The van der Waals surface area contributed by atoms with Crippen LogP contribution in [0.15, 0.2) is 48.5 Å². The fourth-order valence-corrected chi connectivity index (χ4v) is 2.87. The summed E-state index contributed by atoms with van der Waals surface area (Å²) in [5.74, 6) is -0.125. The van der Waals surface area contributed by atoms with E-state index in [1.54, 1.807) is 12.1 Å². The van der Waals surface area contributed by atoms with E-state index < -0.39 is 15.0 Å². The minimum absolute atomic E-state index is 0.0959. The van der Waals surface area contributed by atoms with Gasteiger partial charge in [-0.3, -0.25) is 14.9 Å². The maximum Gasteiger partial charge on any atom is 0.306 e. The number of carbonyl (C=O) groups excluding carboxylic acids is 1. The van der Waals surface area contributed by atoms with Crippen molar-refractivity contribution in [1.82, 2.24) is 4.90 Å². The molecule has 150 valence electrons. The van der Waals surface area contributed by atoms with Gasteiger partial charge in [0.15, 0.2) is 0 Å². The van der Waals surface area contributed by atoms with Crippen LogP contribution in [0.5, 0.6) is 5.75 Å². The predicted octanol–water partition coefficient (Wildman–Crippen LogP) is 2.22. The largest absolute Gasteiger partial charge is 0.383 e. The molecule has 0 aliphatic carbocycles. The SMILES string of the molecule is COCCN(Cc1ccc(OS(C)(=O)=O)cc1)C(=O)c1ccc([N+](=O)[O-])cc1. The Morgan fingerprint density at radius 2 is 1.71 bits per heavy atom. The highest BCUT2D eigenvalue weighted by molar-refractivity contribution is 7.86. The number of hydrogen-bond acceptors (Lipinski definition) is 7. The molecule has 0 aliphatic rings. The van der Waals surface area contributed by atoms with Crippen molar-refractivity contribution in [3.63, 3.8) is 0 Å². The van der Waals surface area contributed by atoms with Crippen molar-refractivity contribution in [3.05, 3.63) is 69.8 Å². The van der Waals surface area contributed by atoms with Gasteiger partial charge < -0.3 is 13.8 Å². The number of nitro groups is 1. The average molecular weight is 408 g/mol. The number of nitro benzene ring substituents is 1. The van der Waals surface area contributed by atoms with E-state index >= 15 is 0 Å². The van der Waals surface area contributed by atoms with E-state index in [4.69, 9.17) is 8.92 Å². The number of rotatable bonds is 9. The summed E-state index contributed by atoms with van der Waals surface area (Å²) in [7, 11) is -2.09. The van der Waals surface area contributed by atoms with Gasteiger partial charge in [0.25, 0.3) is 11.6 Å². The normalized spacial score (nSPS) is 11.1. The summed E-state index contributed by atoms with van der Waals surface area (Å²) < 4.78 is 32.2. The highest BCUT2D eigenvalue weighted by Crippen LogP contribution is 2.18. The fourth-order valence-electron chi connectivity index (χ4n) is 2.41. The molecule has 0 saturated heterocycles. The molecule has 0 aromatic heterocycles. The second-order valence-electron chi connectivity index (χ2n) is 5.95. The minimum Gasteiger partial charge on any atom is -0.383 e. The molecule has 0 N–H and O–H groups in total. The van der Waals surface area contributed by atoms with Crippen LogP contribution >= 0.6 is 0 Å². The lowest BCUT2D eigenvalue weighted by atomic mass is 10.1. The molecule has 10 heteroatoms. The van der Waals surface area contributed by atoms with Gasteiger partial charge in [-0.1, -0.05) is 12.1 Å². The Hall–Kier alpha value is -2.98. The molecule has 2 aromatic rings. The predicted molar refractivity (Wildman–Crippen MR) is 102 cm³/mol. The van der Waals surface area contributed by atoms with Crippen LogP contribution in [0.25, 0.3) is 0 Å². The van der Waals surface area contributed by atoms with Crippen molar-refractivity contribution < 1.29 is 27.1 Å². The van der Waals surface area contributed by atoms with Crippen LogP contribution in [0.1, 0.15) is 15.9 Å². The smallest absolute Gasteiger partial charge is 0.306 e. The van der Waals surface area contributed by atoms with Crippen LogP contribution in [0, 0.1) is 10.1 Å². The van der Waals surface area contributed by atoms with Gasteiger partial charge in [0.05, 0.1) is 17.8 Å². The Balaban J connectivity index is 2.16. The first-order valence-corrected chi connectivity index (χ1v) is 10.0. The van der Waals surface area contributed by atoms with Crippen LogP contribution in [0.2, 0.25) is 0 Å². The maximum absolute atomic E-state index is 12.8. The number of carbonyl (C=O) groups is 1. The summed E-state index contributed by atoms with van der Waals surface area (Å²) in [5, 5.41) is 10.8. The summed E-state index contributed by atoms with van der Waals surface area (Å²) in [6.07, 6.45) is 0.955. The third-order valence-corrected chi connectivity index (χ3v) is 4.22. The lowest BCUT2D eigenvalue weighted by Crippen LogP contribution is -2.33. The van der Waals surface area contributed by atoms with Crippen LogP contribution < -0.4 is 4.18 Å². The van der Waals surface area contributed by atoms with Crippen molar-refractivity contribution in [2.75, 3.05) is 26.5 Å². The first-order chi connectivity index (χ1) is 13.2. The molecule has 0 spiro atoms. The van der Waals surface area contributed by atoms with Gasteiger partial charge in [0.1, 0.15) is 5.75 Å². The Bertz CT molecular complexity index is 925. The van der Waals surface area contributed by atoms with E-state index in [1.807, 2.05) is 0 Å². The molecule has 0 bridgehead atoms. The summed E-state index contributed by atoms with van der Waals surface area (Å²) in [5.41, 5.74) is 0.979. The van der Waals surface area contributed by atoms with Gasteiger partial charge in [-0.25, -0.2) is 0 Å². The van der Waals surface area contributed by atoms with E-state index in [0.717, 1.165) is 11.8 Å². The fraction of sp³-hybridized carbons (Fsp3) is 0.278. The Morgan fingerprint density at radius 1 is 1.11 bits per heavy atom. The first-order valence-electron chi connectivity index (χ1n) is 8.20. The van der Waals surface area contributed by atoms with Gasteiger partial charge >= 0.3 is 10.1 Å². The molecule has 0 aliphatic heterocycles. The Morgan fingerprint density at radius 3 is 2.21 bits per heavy atom. The zero-order chi connectivity index (χ0) is 20.7. The third kappa shape index (κ3) is 6.32.